The molecule has 0 bridgehead atoms. The quantitative estimate of drug-likeness (QED) is 0.312. The number of ether oxygens (including phenoxy) is 6. The SMILES string of the molecule is CC(=O)O[C@H]1O[C@H](COCc2ccccc2)[C@@H](OCc2ccccc2)[C@H](OCc2ccccc2)[C@H]1OC(C)=O. The third-order valence-corrected chi connectivity index (χ3v) is 6.14. The summed E-state index contributed by atoms with van der Waals surface area (Å²) in [5.74, 6) is -1.14. The predicted molar refractivity (Wildman–Crippen MR) is 142 cm³/mol. The molecule has 1 heterocycles. The van der Waals surface area contributed by atoms with E-state index in [1.807, 2.05) is 91.0 Å². The highest BCUT2D eigenvalue weighted by Gasteiger charge is 2.51. The molecule has 1 aliphatic heterocycles. The van der Waals surface area contributed by atoms with Crippen LogP contribution in [0.3, 0.4) is 0 Å². The fourth-order valence-electron chi connectivity index (χ4n) is 4.38. The first-order valence-corrected chi connectivity index (χ1v) is 12.9. The molecule has 4 rings (SSSR count). The van der Waals surface area contributed by atoms with Crippen molar-refractivity contribution in [2.75, 3.05) is 6.61 Å². The van der Waals surface area contributed by atoms with Crippen LogP contribution in [0.5, 0.6) is 0 Å². The summed E-state index contributed by atoms with van der Waals surface area (Å²) < 4.78 is 36.0. The van der Waals surface area contributed by atoms with Gasteiger partial charge in [0.25, 0.3) is 0 Å². The first kappa shape index (κ1) is 28.4. The van der Waals surface area contributed by atoms with Crippen LogP contribution >= 0.6 is 0 Å². The summed E-state index contributed by atoms with van der Waals surface area (Å²) in [7, 11) is 0. The zero-order chi connectivity index (χ0) is 27.5. The van der Waals surface area contributed by atoms with Gasteiger partial charge >= 0.3 is 11.9 Å². The monoisotopic (exact) mass is 534 g/mol. The normalized spacial score (nSPS) is 22.7. The van der Waals surface area contributed by atoms with Crippen molar-refractivity contribution in [1.82, 2.24) is 0 Å². The minimum absolute atomic E-state index is 0.129. The van der Waals surface area contributed by atoms with Gasteiger partial charge in [0.2, 0.25) is 6.29 Å². The van der Waals surface area contributed by atoms with Crippen LogP contribution < -0.4 is 0 Å². The molecule has 39 heavy (non-hydrogen) atoms. The third-order valence-electron chi connectivity index (χ3n) is 6.14. The van der Waals surface area contributed by atoms with E-state index in [1.165, 1.54) is 13.8 Å². The van der Waals surface area contributed by atoms with E-state index in [2.05, 4.69) is 0 Å². The van der Waals surface area contributed by atoms with Crippen LogP contribution in [0.15, 0.2) is 91.0 Å². The second-order valence-corrected chi connectivity index (χ2v) is 9.25. The smallest absolute Gasteiger partial charge is 0.305 e. The van der Waals surface area contributed by atoms with Gasteiger partial charge in [0, 0.05) is 13.8 Å². The molecule has 5 atom stereocenters. The van der Waals surface area contributed by atoms with Crippen LogP contribution in [0.1, 0.15) is 30.5 Å². The summed E-state index contributed by atoms with van der Waals surface area (Å²) >= 11 is 0. The van der Waals surface area contributed by atoms with Gasteiger partial charge in [0.15, 0.2) is 6.10 Å². The van der Waals surface area contributed by atoms with Crippen molar-refractivity contribution in [1.29, 1.82) is 0 Å². The standard InChI is InChI=1S/C31H34O8/c1-22(32)37-30-29(36-20-26-16-10-5-11-17-26)28(35-19-25-14-8-4-9-15-25)27(39-31(30)38-23(2)33)21-34-18-24-12-6-3-7-13-24/h3-17,27-31H,18-21H2,1-2H3/t27-,28-,29+,30-,31+/m1/s1. The molecule has 3 aromatic rings. The highest BCUT2D eigenvalue weighted by atomic mass is 16.7. The Morgan fingerprint density at radius 1 is 0.615 bits per heavy atom. The molecule has 206 valence electrons. The summed E-state index contributed by atoms with van der Waals surface area (Å²) in [5, 5.41) is 0. The van der Waals surface area contributed by atoms with Crippen molar-refractivity contribution in [2.45, 2.75) is 64.4 Å². The molecular weight excluding hydrogens is 500 g/mol. The minimum Gasteiger partial charge on any atom is -0.453 e. The highest BCUT2D eigenvalue weighted by molar-refractivity contribution is 5.67. The number of carbonyl (C=O) groups is 2. The maximum atomic E-state index is 12.1. The van der Waals surface area contributed by atoms with Gasteiger partial charge in [-0.25, -0.2) is 0 Å². The Balaban J connectivity index is 1.60. The Bertz CT molecular complexity index is 1150. The predicted octanol–water partition coefficient (Wildman–Crippen LogP) is 4.59. The zero-order valence-electron chi connectivity index (χ0n) is 22.1. The van der Waals surface area contributed by atoms with Gasteiger partial charge in [-0.05, 0) is 16.7 Å². The van der Waals surface area contributed by atoms with Crippen LogP contribution in [0, 0.1) is 0 Å². The molecule has 0 amide bonds. The molecule has 0 unspecified atom stereocenters. The van der Waals surface area contributed by atoms with Gasteiger partial charge in [-0.2, -0.15) is 0 Å². The molecule has 1 saturated heterocycles. The van der Waals surface area contributed by atoms with Crippen LogP contribution in [0.4, 0.5) is 0 Å². The number of rotatable bonds is 12. The molecular formula is C31H34O8. The molecule has 0 aliphatic carbocycles. The fourth-order valence-corrected chi connectivity index (χ4v) is 4.38. The van der Waals surface area contributed by atoms with Crippen molar-refractivity contribution in [2.24, 2.45) is 0 Å². The van der Waals surface area contributed by atoms with Crippen LogP contribution in [0.2, 0.25) is 0 Å². The number of carbonyl (C=O) groups excluding carboxylic acids is 2. The number of hydrogen-bond donors (Lipinski definition) is 0. The molecule has 8 heteroatoms. The van der Waals surface area contributed by atoms with Gasteiger partial charge < -0.3 is 28.4 Å². The molecule has 3 aromatic carbocycles. The van der Waals surface area contributed by atoms with Crippen molar-refractivity contribution in [3.8, 4) is 0 Å². The molecule has 1 fully saturated rings. The first-order valence-electron chi connectivity index (χ1n) is 12.9. The first-order chi connectivity index (χ1) is 19.0. The number of benzene rings is 3. The number of esters is 2. The summed E-state index contributed by atoms with van der Waals surface area (Å²) in [4.78, 5) is 24.1. The maximum absolute atomic E-state index is 12.1. The molecule has 8 nitrogen and oxygen atoms in total. The van der Waals surface area contributed by atoms with E-state index in [9.17, 15) is 9.59 Å². The van der Waals surface area contributed by atoms with Gasteiger partial charge in [-0.15, -0.1) is 0 Å². The highest BCUT2D eigenvalue weighted by Crippen LogP contribution is 2.31. The summed E-state index contributed by atoms with van der Waals surface area (Å²) in [6.07, 6.45) is -4.47. The lowest BCUT2D eigenvalue weighted by Gasteiger charge is -2.44. The Labute approximate surface area is 228 Å². The molecule has 0 saturated carbocycles. The summed E-state index contributed by atoms with van der Waals surface area (Å²) in [6.45, 7) is 3.53. The minimum atomic E-state index is -1.20. The maximum Gasteiger partial charge on any atom is 0.305 e. The van der Waals surface area contributed by atoms with E-state index in [0.29, 0.717) is 6.61 Å². The lowest BCUT2D eigenvalue weighted by molar-refractivity contribution is -0.312. The van der Waals surface area contributed by atoms with Crippen molar-refractivity contribution < 1.29 is 38.0 Å². The molecule has 0 aromatic heterocycles. The van der Waals surface area contributed by atoms with E-state index >= 15 is 0 Å². The average Bonchev–Trinajstić information content (AvgIpc) is 2.94. The summed E-state index contributed by atoms with van der Waals surface area (Å²) in [6, 6.07) is 29.1. The average molecular weight is 535 g/mol. The topological polar surface area (TPSA) is 89.5 Å². The fraction of sp³-hybridized carbons (Fsp3) is 0.355. The zero-order valence-corrected chi connectivity index (χ0v) is 22.1. The van der Waals surface area contributed by atoms with E-state index in [0.717, 1.165) is 16.7 Å². The lowest BCUT2D eigenvalue weighted by atomic mass is 9.98. The summed E-state index contributed by atoms with van der Waals surface area (Å²) in [5.41, 5.74) is 2.88. The van der Waals surface area contributed by atoms with Crippen molar-refractivity contribution in [3.05, 3.63) is 108 Å². The second-order valence-electron chi connectivity index (χ2n) is 9.25. The molecule has 0 radical (unpaired) electrons. The van der Waals surface area contributed by atoms with E-state index in [4.69, 9.17) is 28.4 Å². The molecule has 0 spiro atoms. The van der Waals surface area contributed by atoms with Gasteiger partial charge in [-0.1, -0.05) is 91.0 Å². The second kappa shape index (κ2) is 14.6. The molecule has 0 N–H and O–H groups in total. The van der Waals surface area contributed by atoms with Gasteiger partial charge in [0.05, 0.1) is 26.4 Å². The van der Waals surface area contributed by atoms with Gasteiger partial charge in [-0.3, -0.25) is 9.59 Å². The largest absolute Gasteiger partial charge is 0.453 e. The van der Waals surface area contributed by atoms with Crippen molar-refractivity contribution >= 4 is 11.9 Å². The van der Waals surface area contributed by atoms with E-state index in [-0.39, 0.29) is 19.8 Å². The third kappa shape index (κ3) is 8.73. The molecule has 1 aliphatic rings. The van der Waals surface area contributed by atoms with Crippen LogP contribution in [0.25, 0.3) is 0 Å². The Kier molecular flexibility index (Phi) is 10.6. The lowest BCUT2D eigenvalue weighted by Crippen LogP contribution is -2.62. The Morgan fingerprint density at radius 3 is 1.56 bits per heavy atom. The Morgan fingerprint density at radius 2 is 1.08 bits per heavy atom. The Hall–Kier alpha value is -3.56. The van der Waals surface area contributed by atoms with E-state index in [1.54, 1.807) is 0 Å². The van der Waals surface area contributed by atoms with Crippen molar-refractivity contribution in [3.63, 3.8) is 0 Å². The van der Waals surface area contributed by atoms with Gasteiger partial charge in [0.1, 0.15) is 18.3 Å². The van der Waals surface area contributed by atoms with Crippen LogP contribution in [-0.2, 0) is 57.8 Å². The number of hydrogen-bond acceptors (Lipinski definition) is 8. The van der Waals surface area contributed by atoms with Crippen LogP contribution in [-0.4, -0.2) is 49.3 Å². The van der Waals surface area contributed by atoms with E-state index < -0.39 is 42.6 Å².